The minimum atomic E-state index is -3.50. The summed E-state index contributed by atoms with van der Waals surface area (Å²) in [5, 5.41) is 13.1. The van der Waals surface area contributed by atoms with E-state index < -0.39 is 16.3 Å². The molecule has 1 aromatic rings. The lowest BCUT2D eigenvalue weighted by Crippen LogP contribution is -2.29. The maximum Gasteiger partial charge on any atom is 0.301 e. The van der Waals surface area contributed by atoms with Gasteiger partial charge in [0.05, 0.1) is 6.10 Å². The predicted octanol–water partition coefficient (Wildman–Crippen LogP) is 0.936. The van der Waals surface area contributed by atoms with Gasteiger partial charge in [-0.2, -0.15) is 12.7 Å². The molecule has 0 saturated carbocycles. The van der Waals surface area contributed by atoms with Crippen LogP contribution in [0.15, 0.2) is 24.3 Å². The third-order valence-electron chi connectivity index (χ3n) is 2.74. The summed E-state index contributed by atoms with van der Waals surface area (Å²) in [5.74, 6) is 0. The quantitative estimate of drug-likeness (QED) is 0.700. The van der Waals surface area contributed by atoms with Gasteiger partial charge >= 0.3 is 10.2 Å². The Kier molecular flexibility index (Phi) is 5.94. The lowest BCUT2D eigenvalue weighted by Gasteiger charge is -2.16. The van der Waals surface area contributed by atoms with Crippen LogP contribution in [0.3, 0.4) is 0 Å². The van der Waals surface area contributed by atoms with Crippen molar-refractivity contribution >= 4 is 15.9 Å². The van der Waals surface area contributed by atoms with E-state index in [1.165, 1.54) is 14.1 Å². The molecule has 0 fully saturated rings. The summed E-state index contributed by atoms with van der Waals surface area (Å²) in [7, 11) is -0.585. The molecule has 1 atom stereocenters. The molecule has 0 spiro atoms. The topological polar surface area (TPSA) is 81.7 Å². The van der Waals surface area contributed by atoms with Crippen LogP contribution < -0.4 is 10.0 Å². The molecule has 6 nitrogen and oxygen atoms in total. The fourth-order valence-electron chi connectivity index (χ4n) is 1.48. The van der Waals surface area contributed by atoms with Crippen LogP contribution in [-0.2, 0) is 10.2 Å². The molecule has 0 aliphatic carbocycles. The summed E-state index contributed by atoms with van der Waals surface area (Å²) >= 11 is 0. The van der Waals surface area contributed by atoms with E-state index in [2.05, 4.69) is 10.0 Å². The Labute approximate surface area is 121 Å². The Balaban J connectivity index is 2.69. The van der Waals surface area contributed by atoms with Gasteiger partial charge in [-0.05, 0) is 17.7 Å². The number of anilines is 1. The molecule has 1 rings (SSSR count). The molecular weight excluding hydrogens is 278 g/mol. The predicted molar refractivity (Wildman–Crippen MR) is 80.8 cm³/mol. The standard InChI is InChI=1S/C13H23N3O3S/c1-10(2)14-9-13(17)11-5-7-12(8-6-11)15-20(18,19)16(3)4/h5-8,10,13-15,17H,9H2,1-4H3. The number of hydrogen-bond acceptors (Lipinski definition) is 4. The third-order valence-corrected chi connectivity index (χ3v) is 4.20. The van der Waals surface area contributed by atoms with Crippen LogP contribution in [0.2, 0.25) is 0 Å². The van der Waals surface area contributed by atoms with Gasteiger partial charge in [0.25, 0.3) is 0 Å². The van der Waals surface area contributed by atoms with Crippen LogP contribution >= 0.6 is 0 Å². The Bertz CT molecular complexity index is 512. The Morgan fingerprint density at radius 1 is 1.20 bits per heavy atom. The monoisotopic (exact) mass is 301 g/mol. The molecule has 0 saturated heterocycles. The zero-order valence-corrected chi connectivity index (χ0v) is 13.1. The van der Waals surface area contributed by atoms with E-state index >= 15 is 0 Å². The molecule has 20 heavy (non-hydrogen) atoms. The lowest BCUT2D eigenvalue weighted by atomic mass is 10.1. The first kappa shape index (κ1) is 16.9. The summed E-state index contributed by atoms with van der Waals surface area (Å²) < 4.78 is 26.8. The number of rotatable bonds is 7. The normalized spacial score (nSPS) is 13.8. The molecule has 0 heterocycles. The van der Waals surface area contributed by atoms with Gasteiger partial charge in [-0.15, -0.1) is 0 Å². The van der Waals surface area contributed by atoms with E-state index in [0.717, 1.165) is 9.87 Å². The lowest BCUT2D eigenvalue weighted by molar-refractivity contribution is 0.171. The maximum absolute atomic E-state index is 11.7. The largest absolute Gasteiger partial charge is 0.387 e. The molecule has 1 unspecified atom stereocenters. The summed E-state index contributed by atoms with van der Waals surface area (Å²) in [6, 6.07) is 6.99. The van der Waals surface area contributed by atoms with Crippen LogP contribution in [0.1, 0.15) is 25.5 Å². The molecule has 1 aromatic carbocycles. The van der Waals surface area contributed by atoms with Gasteiger partial charge in [0.15, 0.2) is 0 Å². The fraction of sp³-hybridized carbons (Fsp3) is 0.538. The highest BCUT2D eigenvalue weighted by molar-refractivity contribution is 7.90. The van der Waals surface area contributed by atoms with Crippen molar-refractivity contribution in [1.29, 1.82) is 0 Å². The maximum atomic E-state index is 11.7. The molecule has 7 heteroatoms. The van der Waals surface area contributed by atoms with Crippen LogP contribution in [0.25, 0.3) is 0 Å². The van der Waals surface area contributed by atoms with E-state index in [-0.39, 0.29) is 0 Å². The highest BCUT2D eigenvalue weighted by atomic mass is 32.2. The van der Waals surface area contributed by atoms with Crippen molar-refractivity contribution in [3.63, 3.8) is 0 Å². The minimum absolute atomic E-state index is 0.302. The van der Waals surface area contributed by atoms with Gasteiger partial charge in [0.1, 0.15) is 0 Å². The second-order valence-electron chi connectivity index (χ2n) is 5.09. The molecule has 0 aliphatic heterocycles. The van der Waals surface area contributed by atoms with Gasteiger partial charge in [-0.3, -0.25) is 4.72 Å². The fourth-order valence-corrected chi connectivity index (χ4v) is 2.10. The minimum Gasteiger partial charge on any atom is -0.387 e. The number of benzene rings is 1. The molecule has 0 radical (unpaired) electrons. The Morgan fingerprint density at radius 3 is 2.20 bits per heavy atom. The van der Waals surface area contributed by atoms with Crippen molar-refractivity contribution < 1.29 is 13.5 Å². The van der Waals surface area contributed by atoms with Gasteiger partial charge in [-0.1, -0.05) is 26.0 Å². The second kappa shape index (κ2) is 7.03. The molecular formula is C13H23N3O3S. The molecule has 0 aliphatic rings. The van der Waals surface area contributed by atoms with E-state index in [0.29, 0.717) is 18.3 Å². The van der Waals surface area contributed by atoms with Crippen molar-refractivity contribution in [2.75, 3.05) is 25.4 Å². The average Bonchev–Trinajstić information content (AvgIpc) is 2.36. The van der Waals surface area contributed by atoms with E-state index in [4.69, 9.17) is 0 Å². The highest BCUT2D eigenvalue weighted by Gasteiger charge is 2.13. The van der Waals surface area contributed by atoms with Gasteiger partial charge < -0.3 is 10.4 Å². The van der Waals surface area contributed by atoms with E-state index in [1.807, 2.05) is 13.8 Å². The Morgan fingerprint density at radius 2 is 1.75 bits per heavy atom. The SMILES string of the molecule is CC(C)NCC(O)c1ccc(NS(=O)(=O)N(C)C)cc1. The van der Waals surface area contributed by atoms with Gasteiger partial charge in [0, 0.05) is 32.4 Å². The third kappa shape index (κ3) is 5.09. The molecule has 3 N–H and O–H groups in total. The first-order valence-electron chi connectivity index (χ1n) is 6.44. The summed E-state index contributed by atoms with van der Waals surface area (Å²) in [4.78, 5) is 0. The summed E-state index contributed by atoms with van der Waals surface area (Å²) in [6.45, 7) is 4.47. The Hall–Kier alpha value is -1.15. The van der Waals surface area contributed by atoms with E-state index in [9.17, 15) is 13.5 Å². The van der Waals surface area contributed by atoms with Crippen LogP contribution in [-0.4, -0.2) is 44.5 Å². The van der Waals surface area contributed by atoms with Crippen molar-refractivity contribution in [2.24, 2.45) is 0 Å². The van der Waals surface area contributed by atoms with Crippen molar-refractivity contribution in [2.45, 2.75) is 26.0 Å². The summed E-state index contributed by atoms with van der Waals surface area (Å²) in [5.41, 5.74) is 1.21. The van der Waals surface area contributed by atoms with Gasteiger partial charge in [0.2, 0.25) is 0 Å². The number of aliphatic hydroxyl groups is 1. The second-order valence-corrected chi connectivity index (χ2v) is 6.97. The summed E-state index contributed by atoms with van der Waals surface area (Å²) in [6.07, 6.45) is -0.614. The number of nitrogens with zero attached hydrogens (tertiary/aromatic N) is 1. The van der Waals surface area contributed by atoms with E-state index in [1.54, 1.807) is 24.3 Å². The molecule has 114 valence electrons. The zero-order valence-electron chi connectivity index (χ0n) is 12.3. The number of nitrogens with one attached hydrogen (secondary N) is 2. The molecule has 0 bridgehead atoms. The van der Waals surface area contributed by atoms with Crippen LogP contribution in [0.4, 0.5) is 5.69 Å². The smallest absolute Gasteiger partial charge is 0.301 e. The van der Waals surface area contributed by atoms with Crippen molar-refractivity contribution in [3.05, 3.63) is 29.8 Å². The van der Waals surface area contributed by atoms with Crippen molar-refractivity contribution in [3.8, 4) is 0 Å². The first-order chi connectivity index (χ1) is 9.22. The van der Waals surface area contributed by atoms with Crippen LogP contribution in [0.5, 0.6) is 0 Å². The number of hydrogen-bond donors (Lipinski definition) is 3. The van der Waals surface area contributed by atoms with Gasteiger partial charge in [-0.25, -0.2) is 0 Å². The first-order valence-corrected chi connectivity index (χ1v) is 7.88. The van der Waals surface area contributed by atoms with Crippen LogP contribution in [0, 0.1) is 0 Å². The highest BCUT2D eigenvalue weighted by Crippen LogP contribution is 2.17. The van der Waals surface area contributed by atoms with Crippen molar-refractivity contribution in [1.82, 2.24) is 9.62 Å². The zero-order chi connectivity index (χ0) is 15.3. The molecule has 0 amide bonds. The molecule has 0 aromatic heterocycles. The average molecular weight is 301 g/mol. The number of aliphatic hydroxyl groups excluding tert-OH is 1.